The van der Waals surface area contributed by atoms with E-state index >= 15 is 0 Å². The Labute approximate surface area is 160 Å². The van der Waals surface area contributed by atoms with Gasteiger partial charge in [-0.15, -0.1) is 11.3 Å². The minimum Gasteiger partial charge on any atom is -0.497 e. The molecule has 0 aliphatic carbocycles. The van der Waals surface area contributed by atoms with Crippen LogP contribution in [0.25, 0.3) is 21.3 Å². The Morgan fingerprint density at radius 2 is 1.81 bits per heavy atom. The van der Waals surface area contributed by atoms with E-state index in [2.05, 4.69) is 32.8 Å². The van der Waals surface area contributed by atoms with Crippen LogP contribution in [0.15, 0.2) is 60.2 Å². The fraction of sp³-hybridized carbons (Fsp3) is 0.100. The van der Waals surface area contributed by atoms with E-state index in [-0.39, 0.29) is 0 Å². The Bertz CT molecular complexity index is 1030. The highest BCUT2D eigenvalue weighted by molar-refractivity contribution is 7.17. The summed E-state index contributed by atoms with van der Waals surface area (Å²) in [7, 11) is 1.67. The van der Waals surface area contributed by atoms with Crippen LogP contribution in [0.5, 0.6) is 5.75 Å². The molecule has 4 nitrogen and oxygen atoms in total. The lowest BCUT2D eigenvalue weighted by atomic mass is 10.1. The number of anilines is 1. The second kappa shape index (κ2) is 7.32. The summed E-state index contributed by atoms with van der Waals surface area (Å²) >= 11 is 7.57. The van der Waals surface area contributed by atoms with Crippen molar-refractivity contribution in [1.29, 1.82) is 0 Å². The van der Waals surface area contributed by atoms with Gasteiger partial charge in [0.1, 0.15) is 22.7 Å². The number of nitrogens with zero attached hydrogens (tertiary/aromatic N) is 2. The van der Waals surface area contributed by atoms with Crippen molar-refractivity contribution in [2.75, 3.05) is 12.4 Å². The largest absolute Gasteiger partial charge is 0.497 e. The van der Waals surface area contributed by atoms with Gasteiger partial charge in [0.2, 0.25) is 0 Å². The van der Waals surface area contributed by atoms with E-state index in [1.54, 1.807) is 24.8 Å². The Balaban J connectivity index is 1.68. The quantitative estimate of drug-likeness (QED) is 0.486. The molecule has 2 aromatic carbocycles. The molecule has 0 unspecified atom stereocenters. The van der Waals surface area contributed by atoms with Crippen molar-refractivity contribution in [3.63, 3.8) is 0 Å². The molecule has 0 amide bonds. The number of ether oxygens (including phenoxy) is 1. The lowest BCUT2D eigenvalue weighted by Crippen LogP contribution is -2.02. The molecule has 4 aromatic rings. The van der Waals surface area contributed by atoms with Crippen LogP contribution in [0.3, 0.4) is 0 Å². The third kappa shape index (κ3) is 3.36. The average molecular weight is 382 g/mol. The molecule has 0 saturated heterocycles. The van der Waals surface area contributed by atoms with Crippen molar-refractivity contribution in [3.05, 3.63) is 70.8 Å². The molecule has 4 rings (SSSR count). The summed E-state index contributed by atoms with van der Waals surface area (Å²) in [5, 5.41) is 7.32. The van der Waals surface area contributed by atoms with Gasteiger partial charge in [-0.3, -0.25) is 0 Å². The predicted molar refractivity (Wildman–Crippen MR) is 108 cm³/mol. The number of benzene rings is 2. The summed E-state index contributed by atoms with van der Waals surface area (Å²) in [6, 6.07) is 15.8. The first-order valence-corrected chi connectivity index (χ1v) is 9.35. The molecular formula is C20H16ClN3OS. The third-order valence-corrected chi connectivity index (χ3v) is 5.28. The van der Waals surface area contributed by atoms with E-state index in [1.165, 1.54) is 0 Å². The Morgan fingerprint density at radius 3 is 2.54 bits per heavy atom. The molecule has 0 fully saturated rings. The second-order valence-electron chi connectivity index (χ2n) is 5.76. The van der Waals surface area contributed by atoms with Crippen LogP contribution in [0.4, 0.5) is 5.82 Å². The SMILES string of the molecule is COc1ccc(-c2csc3ncnc(NCc4ccc(Cl)cc4)c23)cc1. The van der Waals surface area contributed by atoms with Gasteiger partial charge in [0.25, 0.3) is 0 Å². The zero-order valence-corrected chi connectivity index (χ0v) is 15.6. The van der Waals surface area contributed by atoms with E-state index < -0.39 is 0 Å². The molecule has 1 N–H and O–H groups in total. The van der Waals surface area contributed by atoms with E-state index in [4.69, 9.17) is 16.3 Å². The molecule has 2 heterocycles. The zero-order chi connectivity index (χ0) is 17.9. The summed E-state index contributed by atoms with van der Waals surface area (Å²) in [5.41, 5.74) is 3.37. The number of halogens is 1. The number of hydrogen-bond donors (Lipinski definition) is 1. The molecule has 0 bridgehead atoms. The number of rotatable bonds is 5. The average Bonchev–Trinajstić information content (AvgIpc) is 3.12. The third-order valence-electron chi connectivity index (χ3n) is 4.14. The van der Waals surface area contributed by atoms with Crippen LogP contribution in [-0.2, 0) is 6.54 Å². The van der Waals surface area contributed by atoms with Gasteiger partial charge in [0.15, 0.2) is 0 Å². The Morgan fingerprint density at radius 1 is 1.04 bits per heavy atom. The maximum Gasteiger partial charge on any atom is 0.139 e. The smallest absolute Gasteiger partial charge is 0.139 e. The second-order valence-corrected chi connectivity index (χ2v) is 7.05. The van der Waals surface area contributed by atoms with Crippen molar-refractivity contribution >= 4 is 39.0 Å². The number of aromatic nitrogens is 2. The molecule has 26 heavy (non-hydrogen) atoms. The first-order chi connectivity index (χ1) is 12.7. The maximum atomic E-state index is 5.95. The van der Waals surface area contributed by atoms with Gasteiger partial charge in [0.05, 0.1) is 12.5 Å². The van der Waals surface area contributed by atoms with Gasteiger partial charge in [-0.2, -0.15) is 0 Å². The van der Waals surface area contributed by atoms with Crippen molar-refractivity contribution < 1.29 is 4.74 Å². The Kier molecular flexibility index (Phi) is 4.73. The molecule has 130 valence electrons. The van der Waals surface area contributed by atoms with Gasteiger partial charge in [-0.25, -0.2) is 9.97 Å². The van der Waals surface area contributed by atoms with Crippen LogP contribution in [0, 0.1) is 0 Å². The molecule has 0 saturated carbocycles. The monoisotopic (exact) mass is 381 g/mol. The first kappa shape index (κ1) is 16.8. The van der Waals surface area contributed by atoms with Gasteiger partial charge >= 0.3 is 0 Å². The zero-order valence-electron chi connectivity index (χ0n) is 14.1. The number of fused-ring (bicyclic) bond motifs is 1. The summed E-state index contributed by atoms with van der Waals surface area (Å²) < 4.78 is 5.25. The van der Waals surface area contributed by atoms with Gasteiger partial charge in [-0.1, -0.05) is 35.9 Å². The molecule has 2 aromatic heterocycles. The molecule has 6 heteroatoms. The highest BCUT2D eigenvalue weighted by Crippen LogP contribution is 2.37. The van der Waals surface area contributed by atoms with Crippen LogP contribution in [0.1, 0.15) is 5.56 Å². The minimum atomic E-state index is 0.668. The molecule has 0 aliphatic heterocycles. The fourth-order valence-electron chi connectivity index (χ4n) is 2.78. The lowest BCUT2D eigenvalue weighted by molar-refractivity contribution is 0.415. The van der Waals surface area contributed by atoms with E-state index in [0.717, 1.165) is 43.5 Å². The van der Waals surface area contributed by atoms with Crippen LogP contribution in [-0.4, -0.2) is 17.1 Å². The van der Waals surface area contributed by atoms with Crippen LogP contribution in [0.2, 0.25) is 5.02 Å². The molecule has 0 aliphatic rings. The van der Waals surface area contributed by atoms with Crippen LogP contribution >= 0.6 is 22.9 Å². The van der Waals surface area contributed by atoms with Crippen molar-refractivity contribution in [1.82, 2.24) is 9.97 Å². The number of nitrogens with one attached hydrogen (secondary N) is 1. The fourth-order valence-corrected chi connectivity index (χ4v) is 3.82. The molecular weight excluding hydrogens is 366 g/mol. The lowest BCUT2D eigenvalue weighted by Gasteiger charge is -2.09. The highest BCUT2D eigenvalue weighted by Gasteiger charge is 2.13. The first-order valence-electron chi connectivity index (χ1n) is 8.09. The topological polar surface area (TPSA) is 47.0 Å². The standard InChI is InChI=1S/C20H16ClN3OS/c1-25-16-8-4-14(5-9-16)17-11-26-20-18(17)19(23-12-24-20)22-10-13-2-6-15(21)7-3-13/h2-9,11-12H,10H2,1H3,(H,22,23,24). The van der Waals surface area contributed by atoms with Crippen molar-refractivity contribution in [2.24, 2.45) is 0 Å². The predicted octanol–water partition coefficient (Wildman–Crippen LogP) is 5.63. The normalized spacial score (nSPS) is 10.8. The minimum absolute atomic E-state index is 0.668. The van der Waals surface area contributed by atoms with E-state index in [0.29, 0.717) is 6.54 Å². The van der Waals surface area contributed by atoms with Gasteiger partial charge in [-0.05, 0) is 35.4 Å². The van der Waals surface area contributed by atoms with Gasteiger partial charge in [0, 0.05) is 22.5 Å². The summed E-state index contributed by atoms with van der Waals surface area (Å²) in [4.78, 5) is 9.84. The Hall–Kier alpha value is -2.63. The maximum absolute atomic E-state index is 5.95. The number of methoxy groups -OCH3 is 1. The van der Waals surface area contributed by atoms with E-state index in [1.807, 2.05) is 36.4 Å². The number of thiophene rings is 1. The summed E-state index contributed by atoms with van der Waals surface area (Å²) in [6.07, 6.45) is 1.60. The molecule has 0 radical (unpaired) electrons. The highest BCUT2D eigenvalue weighted by atomic mass is 35.5. The van der Waals surface area contributed by atoms with Crippen LogP contribution < -0.4 is 10.1 Å². The van der Waals surface area contributed by atoms with Gasteiger partial charge < -0.3 is 10.1 Å². The molecule has 0 atom stereocenters. The van der Waals surface area contributed by atoms with Crippen molar-refractivity contribution in [2.45, 2.75) is 6.54 Å². The summed E-state index contributed by atoms with van der Waals surface area (Å²) in [5.74, 6) is 1.67. The van der Waals surface area contributed by atoms with E-state index in [9.17, 15) is 0 Å². The summed E-state index contributed by atoms with van der Waals surface area (Å²) in [6.45, 7) is 0.668. The van der Waals surface area contributed by atoms with Crippen molar-refractivity contribution in [3.8, 4) is 16.9 Å². The molecule has 0 spiro atoms. The number of hydrogen-bond acceptors (Lipinski definition) is 5.